The van der Waals surface area contributed by atoms with Crippen LogP contribution in [0.1, 0.15) is 12.8 Å². The van der Waals surface area contributed by atoms with Crippen LogP contribution in [0.4, 0.5) is 0 Å². The van der Waals surface area contributed by atoms with E-state index < -0.39 is 0 Å². The van der Waals surface area contributed by atoms with Gasteiger partial charge in [-0.1, -0.05) is 11.6 Å². The van der Waals surface area contributed by atoms with Crippen molar-refractivity contribution in [3.05, 3.63) is 35.5 Å². The van der Waals surface area contributed by atoms with Gasteiger partial charge in [-0.05, 0) is 37.1 Å². The highest BCUT2D eigenvalue weighted by atomic mass is 35.5. The van der Waals surface area contributed by atoms with Crippen molar-refractivity contribution >= 4 is 34.3 Å². The van der Waals surface area contributed by atoms with E-state index in [1.54, 1.807) is 31.4 Å². The lowest BCUT2D eigenvalue weighted by Gasteiger charge is -2.17. The fourth-order valence-electron chi connectivity index (χ4n) is 2.28. The van der Waals surface area contributed by atoms with Crippen LogP contribution in [-0.4, -0.2) is 47.9 Å². The number of amides is 2. The van der Waals surface area contributed by atoms with Gasteiger partial charge in [0.15, 0.2) is 6.61 Å². The van der Waals surface area contributed by atoms with Crippen molar-refractivity contribution in [3.63, 3.8) is 0 Å². The molecular weight excluding hydrogens is 330 g/mol. The predicted molar refractivity (Wildman–Crippen MR) is 91.0 cm³/mol. The Balaban J connectivity index is 1.59. The smallest absolute Gasteiger partial charge is 0.260 e. The molecule has 1 heterocycles. The standard InChI is InChI=1S/C17H18ClN3O3/c1-21(9-15(22)20-11-4-5-11)16(23)10-24-14-7-6-13(18)12-3-2-8-19-17(12)14/h2-3,6-8,11H,4-5,9-10H2,1H3,(H,20,22). The minimum Gasteiger partial charge on any atom is -0.481 e. The normalized spacial score (nSPS) is 13.6. The lowest BCUT2D eigenvalue weighted by Crippen LogP contribution is -2.40. The summed E-state index contributed by atoms with van der Waals surface area (Å²) in [7, 11) is 1.58. The number of pyridine rings is 1. The van der Waals surface area contributed by atoms with Crippen LogP contribution in [-0.2, 0) is 9.59 Å². The molecule has 2 aromatic rings. The molecule has 1 saturated carbocycles. The molecule has 2 amide bonds. The second-order valence-electron chi connectivity index (χ2n) is 5.83. The number of nitrogens with zero attached hydrogens (tertiary/aromatic N) is 2. The van der Waals surface area contributed by atoms with Gasteiger partial charge >= 0.3 is 0 Å². The summed E-state index contributed by atoms with van der Waals surface area (Å²) in [5.74, 6) is 0.0612. The van der Waals surface area contributed by atoms with E-state index in [-0.39, 0.29) is 31.0 Å². The average molecular weight is 348 g/mol. The first-order valence-electron chi connectivity index (χ1n) is 7.74. The molecule has 1 aromatic heterocycles. The first-order chi connectivity index (χ1) is 11.5. The van der Waals surface area contributed by atoms with Crippen molar-refractivity contribution in [2.75, 3.05) is 20.2 Å². The number of hydrogen-bond donors (Lipinski definition) is 1. The molecule has 0 bridgehead atoms. The van der Waals surface area contributed by atoms with Gasteiger partial charge in [0.05, 0.1) is 11.6 Å². The van der Waals surface area contributed by atoms with Gasteiger partial charge in [-0.25, -0.2) is 0 Å². The quantitative estimate of drug-likeness (QED) is 0.867. The molecule has 1 aromatic carbocycles. The molecule has 1 N–H and O–H groups in total. The molecule has 0 aliphatic heterocycles. The molecule has 126 valence electrons. The Kier molecular flexibility index (Phi) is 4.85. The molecular formula is C17H18ClN3O3. The zero-order chi connectivity index (χ0) is 17.1. The SMILES string of the molecule is CN(CC(=O)NC1CC1)C(=O)COc1ccc(Cl)c2cccnc12. The molecule has 1 aliphatic rings. The van der Waals surface area contributed by atoms with E-state index in [9.17, 15) is 9.59 Å². The topological polar surface area (TPSA) is 71.5 Å². The third-order valence-electron chi connectivity index (χ3n) is 3.78. The first kappa shape index (κ1) is 16.5. The van der Waals surface area contributed by atoms with Gasteiger partial charge < -0.3 is 15.0 Å². The number of carbonyl (C=O) groups is 2. The number of rotatable bonds is 6. The number of ether oxygens (including phenoxy) is 1. The molecule has 6 nitrogen and oxygen atoms in total. The summed E-state index contributed by atoms with van der Waals surface area (Å²) < 4.78 is 5.59. The van der Waals surface area contributed by atoms with Gasteiger partial charge in [0.2, 0.25) is 5.91 Å². The lowest BCUT2D eigenvalue weighted by atomic mass is 10.2. The third-order valence-corrected chi connectivity index (χ3v) is 4.11. The van der Waals surface area contributed by atoms with Crippen LogP contribution in [0.5, 0.6) is 5.75 Å². The number of hydrogen-bond acceptors (Lipinski definition) is 4. The molecule has 1 fully saturated rings. The molecule has 0 radical (unpaired) electrons. The van der Waals surface area contributed by atoms with Gasteiger partial charge in [0.1, 0.15) is 11.3 Å². The molecule has 0 unspecified atom stereocenters. The number of carbonyl (C=O) groups excluding carboxylic acids is 2. The van der Waals surface area contributed by atoms with Gasteiger partial charge in [0.25, 0.3) is 5.91 Å². The Bertz CT molecular complexity index is 777. The van der Waals surface area contributed by atoms with E-state index in [1.807, 2.05) is 6.07 Å². The summed E-state index contributed by atoms with van der Waals surface area (Å²) in [5.41, 5.74) is 0.604. The minimum atomic E-state index is -0.278. The van der Waals surface area contributed by atoms with Gasteiger partial charge in [0, 0.05) is 24.7 Å². The summed E-state index contributed by atoms with van der Waals surface area (Å²) in [4.78, 5) is 29.5. The van der Waals surface area contributed by atoms with E-state index in [2.05, 4.69) is 10.3 Å². The van der Waals surface area contributed by atoms with Crippen LogP contribution in [0.15, 0.2) is 30.5 Å². The Hall–Kier alpha value is -2.34. The number of nitrogens with one attached hydrogen (secondary N) is 1. The Morgan fingerprint density at radius 2 is 2.17 bits per heavy atom. The largest absolute Gasteiger partial charge is 0.481 e. The van der Waals surface area contributed by atoms with Crippen LogP contribution >= 0.6 is 11.6 Å². The summed E-state index contributed by atoms with van der Waals surface area (Å²) in [5, 5.41) is 4.19. The van der Waals surface area contributed by atoms with Crippen LogP contribution in [0, 0.1) is 0 Å². The molecule has 24 heavy (non-hydrogen) atoms. The second kappa shape index (κ2) is 7.05. The molecule has 7 heteroatoms. The summed E-state index contributed by atoms with van der Waals surface area (Å²) >= 11 is 6.13. The van der Waals surface area contributed by atoms with Crippen LogP contribution in [0.3, 0.4) is 0 Å². The number of aromatic nitrogens is 1. The van der Waals surface area contributed by atoms with E-state index >= 15 is 0 Å². The van der Waals surface area contributed by atoms with Crippen LogP contribution in [0.25, 0.3) is 10.9 Å². The van der Waals surface area contributed by atoms with Crippen molar-refractivity contribution in [2.24, 2.45) is 0 Å². The Labute approximate surface area is 144 Å². The second-order valence-corrected chi connectivity index (χ2v) is 6.23. The van der Waals surface area contributed by atoms with E-state index in [0.29, 0.717) is 16.3 Å². The zero-order valence-electron chi connectivity index (χ0n) is 13.3. The Morgan fingerprint density at radius 3 is 2.92 bits per heavy atom. The highest BCUT2D eigenvalue weighted by Crippen LogP contribution is 2.29. The maximum absolute atomic E-state index is 12.1. The highest BCUT2D eigenvalue weighted by molar-refractivity contribution is 6.35. The van der Waals surface area contributed by atoms with Crippen molar-refractivity contribution in [2.45, 2.75) is 18.9 Å². The highest BCUT2D eigenvalue weighted by Gasteiger charge is 2.24. The fourth-order valence-corrected chi connectivity index (χ4v) is 2.50. The molecule has 0 spiro atoms. The predicted octanol–water partition coefficient (Wildman–Crippen LogP) is 2.00. The Morgan fingerprint density at radius 1 is 1.38 bits per heavy atom. The maximum atomic E-state index is 12.1. The van der Waals surface area contributed by atoms with E-state index in [1.165, 1.54) is 4.90 Å². The monoisotopic (exact) mass is 347 g/mol. The molecule has 0 atom stereocenters. The van der Waals surface area contributed by atoms with Gasteiger partial charge in [-0.2, -0.15) is 0 Å². The average Bonchev–Trinajstić information content (AvgIpc) is 3.38. The van der Waals surface area contributed by atoms with Gasteiger partial charge in [-0.3, -0.25) is 14.6 Å². The lowest BCUT2D eigenvalue weighted by molar-refractivity contribution is -0.136. The maximum Gasteiger partial charge on any atom is 0.260 e. The molecule has 3 rings (SSSR count). The van der Waals surface area contributed by atoms with Crippen molar-refractivity contribution in [1.29, 1.82) is 0 Å². The van der Waals surface area contributed by atoms with Crippen LogP contribution in [0.2, 0.25) is 5.02 Å². The summed E-state index contributed by atoms with van der Waals surface area (Å²) in [6, 6.07) is 7.30. The first-order valence-corrected chi connectivity index (χ1v) is 8.12. The third kappa shape index (κ3) is 3.94. The van der Waals surface area contributed by atoms with Crippen molar-refractivity contribution < 1.29 is 14.3 Å². The van der Waals surface area contributed by atoms with Crippen molar-refractivity contribution in [3.8, 4) is 5.75 Å². The molecule has 1 aliphatic carbocycles. The number of fused-ring (bicyclic) bond motifs is 1. The molecule has 0 saturated heterocycles. The van der Waals surface area contributed by atoms with E-state index in [4.69, 9.17) is 16.3 Å². The van der Waals surface area contributed by atoms with Crippen molar-refractivity contribution in [1.82, 2.24) is 15.2 Å². The van der Waals surface area contributed by atoms with Crippen LogP contribution < -0.4 is 10.1 Å². The minimum absolute atomic E-state index is 0.0261. The number of likely N-dealkylation sites (N-methyl/N-ethyl adjacent to an activating group) is 1. The number of benzene rings is 1. The van der Waals surface area contributed by atoms with Gasteiger partial charge in [-0.15, -0.1) is 0 Å². The van der Waals surface area contributed by atoms with E-state index in [0.717, 1.165) is 18.2 Å². The summed E-state index contributed by atoms with van der Waals surface area (Å²) in [6.07, 6.45) is 3.67. The zero-order valence-corrected chi connectivity index (χ0v) is 14.0. The number of halogens is 1. The summed E-state index contributed by atoms with van der Waals surface area (Å²) in [6.45, 7) is -0.140. The fraction of sp³-hybridized carbons (Fsp3) is 0.353.